The van der Waals surface area contributed by atoms with E-state index in [0.29, 0.717) is 10.6 Å². The number of ether oxygens (including phenoxy) is 1. The number of hydrogen-bond acceptors (Lipinski definition) is 2. The Morgan fingerprint density at radius 1 is 1.21 bits per heavy atom. The van der Waals surface area contributed by atoms with Gasteiger partial charge in [-0.15, -0.1) is 0 Å². The first kappa shape index (κ1) is 12.1. The zero-order valence-electron chi connectivity index (χ0n) is 10.7. The van der Waals surface area contributed by atoms with Crippen LogP contribution in [0, 0.1) is 11.3 Å². The van der Waals surface area contributed by atoms with E-state index in [2.05, 4.69) is 6.07 Å². The van der Waals surface area contributed by atoms with E-state index in [9.17, 15) is 0 Å². The Hall–Kier alpha value is -1.98. The standard InChI is InChI=1S/C16H12ClNO/c1-16(2)12-8-10(9-18)6-7-11(12)15-13(17)4-3-5-14(15)19-16/h3-8H,1-2H3. The van der Waals surface area contributed by atoms with Gasteiger partial charge in [-0.05, 0) is 43.7 Å². The number of hydrogen-bond donors (Lipinski definition) is 0. The van der Waals surface area contributed by atoms with Crippen LogP contribution in [0.1, 0.15) is 25.0 Å². The highest BCUT2D eigenvalue weighted by Crippen LogP contribution is 2.48. The van der Waals surface area contributed by atoms with Crippen molar-refractivity contribution >= 4 is 11.6 Å². The normalized spacial score (nSPS) is 14.8. The van der Waals surface area contributed by atoms with E-state index in [1.807, 2.05) is 50.2 Å². The molecule has 0 aromatic heterocycles. The average Bonchev–Trinajstić information content (AvgIpc) is 2.37. The highest BCUT2D eigenvalue weighted by atomic mass is 35.5. The van der Waals surface area contributed by atoms with Crippen LogP contribution in [-0.4, -0.2) is 0 Å². The first-order valence-corrected chi connectivity index (χ1v) is 6.43. The van der Waals surface area contributed by atoms with Gasteiger partial charge < -0.3 is 4.74 Å². The maximum absolute atomic E-state index is 9.04. The molecule has 0 saturated heterocycles. The molecule has 0 spiro atoms. The second-order valence-electron chi connectivity index (χ2n) is 5.10. The summed E-state index contributed by atoms with van der Waals surface area (Å²) in [4.78, 5) is 0. The molecular weight excluding hydrogens is 258 g/mol. The third kappa shape index (κ3) is 1.78. The van der Waals surface area contributed by atoms with Crippen molar-refractivity contribution in [2.75, 3.05) is 0 Å². The fraction of sp³-hybridized carbons (Fsp3) is 0.188. The number of halogens is 1. The minimum Gasteiger partial charge on any atom is -0.482 e. The minimum atomic E-state index is -0.472. The van der Waals surface area contributed by atoms with Gasteiger partial charge in [0, 0.05) is 11.1 Å². The van der Waals surface area contributed by atoms with Crippen LogP contribution in [0.25, 0.3) is 11.1 Å². The molecule has 0 fully saturated rings. The van der Waals surface area contributed by atoms with Gasteiger partial charge in [0.05, 0.1) is 16.7 Å². The first-order chi connectivity index (χ1) is 9.03. The SMILES string of the molecule is CC1(C)Oc2cccc(Cl)c2-c2ccc(C#N)cc21. The van der Waals surface area contributed by atoms with Gasteiger partial charge in [0.2, 0.25) is 0 Å². The summed E-state index contributed by atoms with van der Waals surface area (Å²) < 4.78 is 6.03. The summed E-state index contributed by atoms with van der Waals surface area (Å²) in [6, 6.07) is 13.5. The van der Waals surface area contributed by atoms with Crippen molar-refractivity contribution in [3.05, 3.63) is 52.5 Å². The molecule has 0 radical (unpaired) electrons. The smallest absolute Gasteiger partial charge is 0.129 e. The van der Waals surface area contributed by atoms with E-state index in [1.54, 1.807) is 0 Å². The van der Waals surface area contributed by atoms with Crippen molar-refractivity contribution < 1.29 is 4.74 Å². The van der Waals surface area contributed by atoms with Crippen molar-refractivity contribution in [2.24, 2.45) is 0 Å². The Kier molecular flexibility index (Phi) is 2.55. The number of nitrogens with zero attached hydrogens (tertiary/aromatic N) is 1. The fourth-order valence-corrected chi connectivity index (χ4v) is 2.78. The Balaban J connectivity index is 2.36. The summed E-state index contributed by atoms with van der Waals surface area (Å²) in [6.45, 7) is 3.99. The van der Waals surface area contributed by atoms with Gasteiger partial charge in [-0.1, -0.05) is 23.7 Å². The van der Waals surface area contributed by atoms with Crippen LogP contribution in [0.5, 0.6) is 5.75 Å². The van der Waals surface area contributed by atoms with Gasteiger partial charge in [-0.25, -0.2) is 0 Å². The number of benzene rings is 2. The van der Waals surface area contributed by atoms with Crippen molar-refractivity contribution in [3.8, 4) is 22.9 Å². The zero-order chi connectivity index (χ0) is 13.6. The largest absolute Gasteiger partial charge is 0.482 e. The first-order valence-electron chi connectivity index (χ1n) is 6.05. The van der Waals surface area contributed by atoms with Crippen LogP contribution in [0.4, 0.5) is 0 Å². The topological polar surface area (TPSA) is 33.0 Å². The molecule has 0 saturated carbocycles. The predicted molar refractivity (Wildman–Crippen MR) is 75.3 cm³/mol. The molecule has 0 N–H and O–H groups in total. The van der Waals surface area contributed by atoms with Gasteiger partial charge in [0.25, 0.3) is 0 Å². The summed E-state index contributed by atoms with van der Waals surface area (Å²) in [6.07, 6.45) is 0. The molecule has 0 aliphatic carbocycles. The molecule has 0 unspecified atom stereocenters. The van der Waals surface area contributed by atoms with E-state index in [4.69, 9.17) is 21.6 Å². The summed E-state index contributed by atoms with van der Waals surface area (Å²) in [5.74, 6) is 0.787. The van der Waals surface area contributed by atoms with E-state index in [-0.39, 0.29) is 0 Å². The highest BCUT2D eigenvalue weighted by molar-refractivity contribution is 6.33. The Morgan fingerprint density at radius 3 is 2.74 bits per heavy atom. The zero-order valence-corrected chi connectivity index (χ0v) is 11.5. The molecule has 94 valence electrons. The van der Waals surface area contributed by atoms with Crippen LogP contribution in [0.2, 0.25) is 5.02 Å². The molecule has 2 aromatic rings. The number of rotatable bonds is 0. The molecule has 3 heteroatoms. The Morgan fingerprint density at radius 2 is 2.00 bits per heavy atom. The minimum absolute atomic E-state index is 0.472. The van der Waals surface area contributed by atoms with Crippen molar-refractivity contribution in [1.29, 1.82) is 5.26 Å². The van der Waals surface area contributed by atoms with Crippen molar-refractivity contribution in [2.45, 2.75) is 19.4 Å². The molecular formula is C16H12ClNO. The van der Waals surface area contributed by atoms with Gasteiger partial charge in [0.1, 0.15) is 11.4 Å². The third-order valence-corrected chi connectivity index (χ3v) is 3.72. The summed E-state index contributed by atoms with van der Waals surface area (Å²) in [7, 11) is 0. The molecule has 0 atom stereocenters. The van der Waals surface area contributed by atoms with Gasteiger partial charge in [0.15, 0.2) is 0 Å². The van der Waals surface area contributed by atoms with Gasteiger partial charge in [-0.3, -0.25) is 0 Å². The second-order valence-corrected chi connectivity index (χ2v) is 5.50. The predicted octanol–water partition coefficient (Wildman–Crippen LogP) is 4.51. The number of nitriles is 1. The molecule has 1 aliphatic rings. The molecule has 0 amide bonds. The fourth-order valence-electron chi connectivity index (χ4n) is 2.51. The van der Waals surface area contributed by atoms with Crippen LogP contribution in [0.15, 0.2) is 36.4 Å². The van der Waals surface area contributed by atoms with E-state index in [1.165, 1.54) is 0 Å². The van der Waals surface area contributed by atoms with Gasteiger partial charge in [-0.2, -0.15) is 5.26 Å². The quantitative estimate of drug-likeness (QED) is 0.705. The Bertz CT molecular complexity index is 713. The van der Waals surface area contributed by atoms with E-state index >= 15 is 0 Å². The van der Waals surface area contributed by atoms with Crippen molar-refractivity contribution in [3.63, 3.8) is 0 Å². The lowest BCUT2D eigenvalue weighted by molar-refractivity contribution is 0.106. The van der Waals surface area contributed by atoms with Crippen LogP contribution in [0.3, 0.4) is 0 Å². The summed E-state index contributed by atoms with van der Waals surface area (Å²) in [5, 5.41) is 9.71. The van der Waals surface area contributed by atoms with Crippen LogP contribution in [-0.2, 0) is 5.60 Å². The van der Waals surface area contributed by atoms with E-state index in [0.717, 1.165) is 22.4 Å². The molecule has 1 heterocycles. The maximum atomic E-state index is 9.04. The number of fused-ring (bicyclic) bond motifs is 3. The van der Waals surface area contributed by atoms with Crippen LogP contribution < -0.4 is 4.74 Å². The monoisotopic (exact) mass is 269 g/mol. The highest BCUT2D eigenvalue weighted by Gasteiger charge is 2.33. The van der Waals surface area contributed by atoms with E-state index < -0.39 is 5.60 Å². The lowest BCUT2D eigenvalue weighted by Gasteiger charge is -2.35. The Labute approximate surface area is 117 Å². The average molecular weight is 270 g/mol. The van der Waals surface area contributed by atoms with Gasteiger partial charge >= 0.3 is 0 Å². The lowest BCUT2D eigenvalue weighted by atomic mass is 9.85. The molecule has 0 bridgehead atoms. The molecule has 19 heavy (non-hydrogen) atoms. The molecule has 1 aliphatic heterocycles. The summed E-state index contributed by atoms with van der Waals surface area (Å²) in [5.41, 5.74) is 3.09. The molecule has 2 nitrogen and oxygen atoms in total. The second kappa shape index (κ2) is 4.01. The maximum Gasteiger partial charge on any atom is 0.129 e. The third-order valence-electron chi connectivity index (χ3n) is 3.41. The van der Waals surface area contributed by atoms with Crippen molar-refractivity contribution in [1.82, 2.24) is 0 Å². The van der Waals surface area contributed by atoms with Crippen LogP contribution >= 0.6 is 11.6 Å². The molecule has 3 rings (SSSR count). The molecule has 2 aromatic carbocycles. The lowest BCUT2D eigenvalue weighted by Crippen LogP contribution is -2.29. The summed E-state index contributed by atoms with van der Waals surface area (Å²) >= 11 is 6.29.